The Labute approximate surface area is 130 Å². The molecule has 22 heavy (non-hydrogen) atoms. The van der Waals surface area contributed by atoms with Gasteiger partial charge in [-0.2, -0.15) is 0 Å². The number of aliphatic imine (C=N–C) groups is 1. The van der Waals surface area contributed by atoms with Gasteiger partial charge in [-0.1, -0.05) is 42.5 Å². The number of rotatable bonds is 5. The number of hydrogen-bond donors (Lipinski definition) is 0. The Balaban J connectivity index is 1.74. The Morgan fingerprint density at radius 2 is 1.59 bits per heavy atom. The minimum absolute atomic E-state index is 0.543. The number of para-hydroxylation sites is 1. The number of aromatic nitrogens is 1. The van der Waals surface area contributed by atoms with Gasteiger partial charge in [0.05, 0.1) is 5.69 Å². The van der Waals surface area contributed by atoms with Gasteiger partial charge in [0.15, 0.2) is 0 Å². The second-order valence-electron chi connectivity index (χ2n) is 4.78. The van der Waals surface area contributed by atoms with Crippen LogP contribution >= 0.6 is 0 Å². The normalized spacial score (nSPS) is 10.7. The molecule has 0 radical (unpaired) electrons. The first kappa shape index (κ1) is 14.0. The van der Waals surface area contributed by atoms with Crippen molar-refractivity contribution in [2.45, 2.75) is 6.61 Å². The van der Waals surface area contributed by atoms with Crippen molar-refractivity contribution in [2.24, 2.45) is 4.99 Å². The monoisotopic (exact) mass is 288 g/mol. The molecule has 0 aliphatic rings. The lowest BCUT2D eigenvalue weighted by Crippen LogP contribution is -1.97. The molecule has 3 heteroatoms. The highest BCUT2D eigenvalue weighted by Crippen LogP contribution is 2.19. The van der Waals surface area contributed by atoms with Crippen molar-refractivity contribution in [3.05, 3.63) is 90.3 Å². The predicted octanol–water partition coefficient (Wildman–Crippen LogP) is 4.41. The van der Waals surface area contributed by atoms with E-state index in [9.17, 15) is 0 Å². The highest BCUT2D eigenvalue weighted by molar-refractivity contribution is 5.85. The Kier molecular flexibility index (Phi) is 4.57. The molecule has 0 fully saturated rings. The van der Waals surface area contributed by atoms with E-state index in [0.29, 0.717) is 6.61 Å². The van der Waals surface area contributed by atoms with Gasteiger partial charge in [0.2, 0.25) is 0 Å². The van der Waals surface area contributed by atoms with E-state index in [1.807, 2.05) is 72.9 Å². The van der Waals surface area contributed by atoms with Gasteiger partial charge in [0.1, 0.15) is 12.4 Å². The zero-order valence-electron chi connectivity index (χ0n) is 12.1. The van der Waals surface area contributed by atoms with Crippen LogP contribution < -0.4 is 4.74 Å². The van der Waals surface area contributed by atoms with Crippen LogP contribution in [0.4, 0.5) is 5.69 Å². The molecule has 3 aromatic rings. The van der Waals surface area contributed by atoms with Crippen LogP contribution in [-0.2, 0) is 6.61 Å². The molecule has 0 aliphatic heterocycles. The molecule has 108 valence electrons. The van der Waals surface area contributed by atoms with E-state index in [2.05, 4.69) is 9.98 Å². The number of benzene rings is 2. The maximum atomic E-state index is 5.91. The average Bonchev–Trinajstić information content (AvgIpc) is 2.61. The van der Waals surface area contributed by atoms with Crippen molar-refractivity contribution in [3.8, 4) is 5.75 Å². The number of ether oxygens (including phenoxy) is 1. The zero-order chi connectivity index (χ0) is 15.0. The summed E-state index contributed by atoms with van der Waals surface area (Å²) >= 11 is 0. The third-order valence-electron chi connectivity index (χ3n) is 3.17. The average molecular weight is 288 g/mol. The molecule has 1 aromatic heterocycles. The first-order valence-corrected chi connectivity index (χ1v) is 7.12. The molecule has 0 unspecified atom stereocenters. The zero-order valence-corrected chi connectivity index (χ0v) is 12.1. The van der Waals surface area contributed by atoms with Gasteiger partial charge >= 0.3 is 0 Å². The van der Waals surface area contributed by atoms with Gasteiger partial charge in [-0.25, -0.2) is 0 Å². The van der Waals surface area contributed by atoms with Gasteiger partial charge in [-0.15, -0.1) is 0 Å². The molecule has 0 saturated carbocycles. The second kappa shape index (κ2) is 7.18. The van der Waals surface area contributed by atoms with Crippen molar-refractivity contribution in [1.29, 1.82) is 0 Å². The van der Waals surface area contributed by atoms with E-state index in [-0.39, 0.29) is 0 Å². The van der Waals surface area contributed by atoms with Crippen molar-refractivity contribution >= 4 is 11.9 Å². The first-order chi connectivity index (χ1) is 10.9. The molecule has 0 N–H and O–H groups in total. The van der Waals surface area contributed by atoms with Gasteiger partial charge < -0.3 is 4.74 Å². The van der Waals surface area contributed by atoms with Crippen molar-refractivity contribution in [2.75, 3.05) is 0 Å². The van der Waals surface area contributed by atoms with E-state index in [4.69, 9.17) is 4.74 Å². The largest absolute Gasteiger partial charge is 0.488 e. The van der Waals surface area contributed by atoms with Gasteiger partial charge in [-0.3, -0.25) is 9.98 Å². The quantitative estimate of drug-likeness (QED) is 0.652. The topological polar surface area (TPSA) is 34.5 Å². The number of pyridine rings is 1. The molecule has 3 rings (SSSR count). The summed E-state index contributed by atoms with van der Waals surface area (Å²) in [7, 11) is 0. The van der Waals surface area contributed by atoms with Crippen LogP contribution in [-0.4, -0.2) is 11.2 Å². The highest BCUT2D eigenvalue weighted by Gasteiger charge is 2.01. The summed E-state index contributed by atoms with van der Waals surface area (Å²) in [6.45, 7) is 0.543. The molecule has 2 aromatic carbocycles. The highest BCUT2D eigenvalue weighted by atomic mass is 16.5. The minimum atomic E-state index is 0.543. The predicted molar refractivity (Wildman–Crippen MR) is 88.7 cm³/mol. The number of hydrogen-bond acceptors (Lipinski definition) is 3. The third-order valence-corrected chi connectivity index (χ3v) is 3.17. The van der Waals surface area contributed by atoms with Crippen LogP contribution in [0.5, 0.6) is 5.75 Å². The Bertz CT molecular complexity index is 740. The van der Waals surface area contributed by atoms with Crippen molar-refractivity contribution in [1.82, 2.24) is 4.98 Å². The molecular formula is C19H16N2O. The maximum absolute atomic E-state index is 5.91. The molecule has 0 bridgehead atoms. The standard InChI is InChI=1S/C19H16N2O/c1-2-6-16(7-3-1)15-22-19-9-5-4-8-17(19)14-21-18-10-12-20-13-11-18/h1-14H,15H2. The Morgan fingerprint density at radius 3 is 2.41 bits per heavy atom. The summed E-state index contributed by atoms with van der Waals surface area (Å²) in [6.07, 6.45) is 5.27. The lowest BCUT2D eigenvalue weighted by molar-refractivity contribution is 0.306. The van der Waals surface area contributed by atoms with Crippen LogP contribution in [0.25, 0.3) is 0 Å². The van der Waals surface area contributed by atoms with E-state index in [0.717, 1.165) is 22.6 Å². The van der Waals surface area contributed by atoms with Gasteiger partial charge in [0.25, 0.3) is 0 Å². The molecule has 3 nitrogen and oxygen atoms in total. The molecule has 0 amide bonds. The summed E-state index contributed by atoms with van der Waals surface area (Å²) in [5, 5.41) is 0. The summed E-state index contributed by atoms with van der Waals surface area (Å²) < 4.78 is 5.91. The van der Waals surface area contributed by atoms with E-state index in [1.165, 1.54) is 0 Å². The van der Waals surface area contributed by atoms with Gasteiger partial charge in [0, 0.05) is 24.2 Å². The number of nitrogens with zero attached hydrogens (tertiary/aromatic N) is 2. The van der Waals surface area contributed by atoms with Crippen LogP contribution in [0.3, 0.4) is 0 Å². The first-order valence-electron chi connectivity index (χ1n) is 7.12. The summed E-state index contributed by atoms with van der Waals surface area (Å²) in [4.78, 5) is 8.43. The van der Waals surface area contributed by atoms with Crippen LogP contribution in [0, 0.1) is 0 Å². The summed E-state index contributed by atoms with van der Waals surface area (Å²) in [5.41, 5.74) is 2.96. The van der Waals surface area contributed by atoms with E-state index < -0.39 is 0 Å². The molecule has 1 heterocycles. The smallest absolute Gasteiger partial charge is 0.128 e. The van der Waals surface area contributed by atoms with E-state index >= 15 is 0 Å². The molecule has 0 aliphatic carbocycles. The summed E-state index contributed by atoms with van der Waals surface area (Å²) in [5.74, 6) is 0.823. The van der Waals surface area contributed by atoms with Crippen LogP contribution in [0.2, 0.25) is 0 Å². The Hall–Kier alpha value is -2.94. The second-order valence-corrected chi connectivity index (χ2v) is 4.78. The van der Waals surface area contributed by atoms with Crippen LogP contribution in [0.1, 0.15) is 11.1 Å². The van der Waals surface area contributed by atoms with Crippen molar-refractivity contribution in [3.63, 3.8) is 0 Å². The fraction of sp³-hybridized carbons (Fsp3) is 0.0526. The molecule has 0 saturated heterocycles. The fourth-order valence-electron chi connectivity index (χ4n) is 2.03. The molecule has 0 spiro atoms. The SMILES string of the molecule is C(=Nc1ccncc1)c1ccccc1OCc1ccccc1. The minimum Gasteiger partial charge on any atom is -0.488 e. The van der Waals surface area contributed by atoms with Gasteiger partial charge in [-0.05, 0) is 29.8 Å². The lowest BCUT2D eigenvalue weighted by atomic mass is 10.2. The molecule has 0 atom stereocenters. The third kappa shape index (κ3) is 3.79. The lowest BCUT2D eigenvalue weighted by Gasteiger charge is -2.08. The fourth-order valence-corrected chi connectivity index (χ4v) is 2.03. The molecular weight excluding hydrogens is 272 g/mol. The van der Waals surface area contributed by atoms with Crippen LogP contribution in [0.15, 0.2) is 84.1 Å². The Morgan fingerprint density at radius 1 is 0.864 bits per heavy atom. The van der Waals surface area contributed by atoms with Crippen molar-refractivity contribution < 1.29 is 4.74 Å². The van der Waals surface area contributed by atoms with E-state index in [1.54, 1.807) is 12.4 Å². The maximum Gasteiger partial charge on any atom is 0.128 e. The summed E-state index contributed by atoms with van der Waals surface area (Å²) in [6, 6.07) is 21.7.